The number of aromatic nitrogens is 3. The van der Waals surface area contributed by atoms with Gasteiger partial charge in [0, 0.05) is 0 Å². The molecular weight excluding hydrogens is 219 g/mol. The number of benzene rings is 1. The van der Waals surface area contributed by atoms with Gasteiger partial charge in [-0.15, -0.1) is 0 Å². The molecule has 3 aromatic rings. The standard InChI is InChI=1S/C12H9FN4/c13-7-4-5-10(15-6-7)12-16-9-3-1-2-8(14)11(9)17-12/h1-6H,14H2,(H,16,17). The number of H-pyrrole nitrogens is 1. The number of imidazole rings is 1. The molecule has 0 saturated carbocycles. The monoisotopic (exact) mass is 228 g/mol. The van der Waals surface area contributed by atoms with E-state index in [9.17, 15) is 4.39 Å². The summed E-state index contributed by atoms with van der Waals surface area (Å²) in [5.74, 6) is 0.210. The highest BCUT2D eigenvalue weighted by atomic mass is 19.1. The zero-order chi connectivity index (χ0) is 11.8. The van der Waals surface area contributed by atoms with Crippen molar-refractivity contribution in [2.45, 2.75) is 0 Å². The summed E-state index contributed by atoms with van der Waals surface area (Å²) in [6, 6.07) is 8.43. The molecule has 2 aromatic heterocycles. The fourth-order valence-corrected chi connectivity index (χ4v) is 1.69. The first-order valence-electron chi connectivity index (χ1n) is 5.10. The third-order valence-corrected chi connectivity index (χ3v) is 2.51. The SMILES string of the molecule is Nc1cccc2[nH]c(-c3ccc(F)cn3)nc12. The van der Waals surface area contributed by atoms with Crippen LogP contribution in [-0.2, 0) is 0 Å². The molecule has 0 aliphatic rings. The van der Waals surface area contributed by atoms with Crippen molar-refractivity contribution in [3.05, 3.63) is 42.3 Å². The van der Waals surface area contributed by atoms with Gasteiger partial charge in [-0.3, -0.25) is 0 Å². The fraction of sp³-hybridized carbons (Fsp3) is 0. The van der Waals surface area contributed by atoms with E-state index in [1.165, 1.54) is 6.07 Å². The smallest absolute Gasteiger partial charge is 0.157 e. The summed E-state index contributed by atoms with van der Waals surface area (Å²) in [7, 11) is 0. The van der Waals surface area contributed by atoms with E-state index in [0.717, 1.165) is 11.7 Å². The van der Waals surface area contributed by atoms with Crippen molar-refractivity contribution in [1.29, 1.82) is 0 Å². The van der Waals surface area contributed by atoms with Crippen LogP contribution in [0.5, 0.6) is 0 Å². The van der Waals surface area contributed by atoms with Gasteiger partial charge in [0.25, 0.3) is 0 Å². The number of hydrogen-bond acceptors (Lipinski definition) is 3. The Morgan fingerprint density at radius 3 is 2.76 bits per heavy atom. The third kappa shape index (κ3) is 1.61. The summed E-state index contributed by atoms with van der Waals surface area (Å²) < 4.78 is 12.8. The van der Waals surface area contributed by atoms with E-state index in [-0.39, 0.29) is 5.82 Å². The number of nitrogen functional groups attached to an aromatic ring is 1. The number of pyridine rings is 1. The van der Waals surface area contributed by atoms with Crippen molar-refractivity contribution in [3.8, 4) is 11.5 Å². The van der Waals surface area contributed by atoms with Gasteiger partial charge in [-0.05, 0) is 24.3 Å². The molecule has 0 amide bonds. The normalized spacial score (nSPS) is 10.9. The van der Waals surface area contributed by atoms with Crippen molar-refractivity contribution in [2.24, 2.45) is 0 Å². The van der Waals surface area contributed by atoms with Gasteiger partial charge in [0.2, 0.25) is 0 Å². The predicted molar refractivity (Wildman–Crippen MR) is 63.7 cm³/mol. The quantitative estimate of drug-likeness (QED) is 0.628. The second-order valence-electron chi connectivity index (χ2n) is 3.69. The summed E-state index contributed by atoms with van der Waals surface area (Å²) in [6.07, 6.45) is 1.16. The molecule has 0 bridgehead atoms. The molecule has 0 unspecified atom stereocenters. The number of aromatic amines is 1. The zero-order valence-corrected chi connectivity index (χ0v) is 8.81. The second kappa shape index (κ2) is 3.55. The van der Waals surface area contributed by atoms with E-state index in [1.807, 2.05) is 12.1 Å². The summed E-state index contributed by atoms with van der Waals surface area (Å²) in [6.45, 7) is 0. The lowest BCUT2D eigenvalue weighted by Gasteiger charge is -1.93. The number of nitrogens with one attached hydrogen (secondary N) is 1. The molecule has 17 heavy (non-hydrogen) atoms. The van der Waals surface area contributed by atoms with E-state index in [0.29, 0.717) is 22.7 Å². The van der Waals surface area contributed by atoms with Crippen LogP contribution in [0.25, 0.3) is 22.6 Å². The molecule has 2 heterocycles. The number of halogens is 1. The number of nitrogens with two attached hydrogens (primary N) is 1. The van der Waals surface area contributed by atoms with Crippen LogP contribution in [0.2, 0.25) is 0 Å². The van der Waals surface area contributed by atoms with E-state index >= 15 is 0 Å². The lowest BCUT2D eigenvalue weighted by atomic mass is 10.3. The Morgan fingerprint density at radius 2 is 2.06 bits per heavy atom. The molecule has 0 radical (unpaired) electrons. The summed E-state index contributed by atoms with van der Waals surface area (Å²) >= 11 is 0. The molecule has 3 rings (SSSR count). The largest absolute Gasteiger partial charge is 0.397 e. The minimum atomic E-state index is -0.371. The zero-order valence-electron chi connectivity index (χ0n) is 8.81. The Hall–Kier alpha value is -2.43. The van der Waals surface area contributed by atoms with E-state index in [4.69, 9.17) is 5.73 Å². The number of fused-ring (bicyclic) bond motifs is 1. The molecule has 3 N–H and O–H groups in total. The molecule has 0 aliphatic carbocycles. The van der Waals surface area contributed by atoms with Gasteiger partial charge in [-0.1, -0.05) is 6.07 Å². The molecule has 0 aliphatic heterocycles. The van der Waals surface area contributed by atoms with Gasteiger partial charge in [0.1, 0.15) is 17.0 Å². The van der Waals surface area contributed by atoms with Crippen LogP contribution >= 0.6 is 0 Å². The molecule has 0 spiro atoms. The Morgan fingerprint density at radius 1 is 1.18 bits per heavy atom. The van der Waals surface area contributed by atoms with Crippen LogP contribution in [0.1, 0.15) is 0 Å². The minimum Gasteiger partial charge on any atom is -0.397 e. The second-order valence-corrected chi connectivity index (χ2v) is 3.69. The van der Waals surface area contributed by atoms with Crippen molar-refractivity contribution in [3.63, 3.8) is 0 Å². The van der Waals surface area contributed by atoms with Gasteiger partial charge < -0.3 is 10.7 Å². The first-order chi connectivity index (χ1) is 8.24. The van der Waals surface area contributed by atoms with Gasteiger partial charge >= 0.3 is 0 Å². The maximum Gasteiger partial charge on any atom is 0.157 e. The maximum absolute atomic E-state index is 12.8. The molecule has 0 fully saturated rings. The van der Waals surface area contributed by atoms with Crippen LogP contribution in [0.4, 0.5) is 10.1 Å². The maximum atomic E-state index is 12.8. The Kier molecular flexibility index (Phi) is 2.04. The molecular formula is C12H9FN4. The Balaban J connectivity index is 2.18. The number of rotatable bonds is 1. The van der Waals surface area contributed by atoms with Crippen LogP contribution in [0, 0.1) is 5.82 Å². The molecule has 0 atom stereocenters. The van der Waals surface area contributed by atoms with Crippen molar-refractivity contribution in [2.75, 3.05) is 5.73 Å². The number of nitrogens with zero attached hydrogens (tertiary/aromatic N) is 2. The highest BCUT2D eigenvalue weighted by Gasteiger charge is 2.08. The molecule has 1 aromatic carbocycles. The first kappa shape index (κ1) is 9.77. The minimum absolute atomic E-state index is 0.371. The van der Waals surface area contributed by atoms with Crippen LogP contribution in [-0.4, -0.2) is 15.0 Å². The molecule has 4 nitrogen and oxygen atoms in total. The fourth-order valence-electron chi connectivity index (χ4n) is 1.69. The van der Waals surface area contributed by atoms with Crippen molar-refractivity contribution in [1.82, 2.24) is 15.0 Å². The number of anilines is 1. The van der Waals surface area contributed by atoms with Crippen LogP contribution < -0.4 is 5.73 Å². The molecule has 5 heteroatoms. The first-order valence-corrected chi connectivity index (χ1v) is 5.10. The highest BCUT2D eigenvalue weighted by Crippen LogP contribution is 2.22. The predicted octanol–water partition coefficient (Wildman–Crippen LogP) is 2.35. The third-order valence-electron chi connectivity index (χ3n) is 2.51. The van der Waals surface area contributed by atoms with Crippen molar-refractivity contribution >= 4 is 16.7 Å². The summed E-state index contributed by atoms with van der Waals surface area (Å²) in [5, 5.41) is 0. The van der Waals surface area contributed by atoms with E-state index < -0.39 is 0 Å². The van der Waals surface area contributed by atoms with E-state index in [1.54, 1.807) is 12.1 Å². The number of hydrogen-bond donors (Lipinski definition) is 2. The van der Waals surface area contributed by atoms with Gasteiger partial charge in [-0.25, -0.2) is 14.4 Å². The average Bonchev–Trinajstić information content (AvgIpc) is 2.75. The Labute approximate surface area is 96.3 Å². The lowest BCUT2D eigenvalue weighted by Crippen LogP contribution is -1.87. The van der Waals surface area contributed by atoms with Gasteiger partial charge in [0.05, 0.1) is 17.4 Å². The average molecular weight is 228 g/mol. The molecule has 0 saturated heterocycles. The summed E-state index contributed by atoms with van der Waals surface area (Å²) in [4.78, 5) is 11.4. The highest BCUT2D eigenvalue weighted by molar-refractivity contribution is 5.88. The Bertz CT molecular complexity index is 673. The summed E-state index contributed by atoms with van der Waals surface area (Å²) in [5.41, 5.74) is 8.54. The lowest BCUT2D eigenvalue weighted by molar-refractivity contribution is 0.621. The van der Waals surface area contributed by atoms with E-state index in [2.05, 4.69) is 15.0 Å². The van der Waals surface area contributed by atoms with Crippen LogP contribution in [0.3, 0.4) is 0 Å². The van der Waals surface area contributed by atoms with Gasteiger partial charge in [0.15, 0.2) is 5.82 Å². The topological polar surface area (TPSA) is 67.6 Å². The van der Waals surface area contributed by atoms with Crippen LogP contribution in [0.15, 0.2) is 36.5 Å². The molecule has 84 valence electrons. The van der Waals surface area contributed by atoms with Crippen molar-refractivity contribution < 1.29 is 4.39 Å². The van der Waals surface area contributed by atoms with Gasteiger partial charge in [-0.2, -0.15) is 0 Å². The number of para-hydroxylation sites is 1.